The van der Waals surface area contributed by atoms with Crippen LogP contribution in [0.3, 0.4) is 0 Å². The number of carbonyl (C=O) groups excluding carboxylic acids is 1. The van der Waals surface area contributed by atoms with Crippen LogP contribution in [0.25, 0.3) is 0 Å². The average molecular weight is 249 g/mol. The van der Waals surface area contributed by atoms with Gasteiger partial charge in [0.25, 0.3) is 0 Å². The number of hydrogen-bond donors (Lipinski definition) is 2. The third-order valence-corrected chi connectivity index (χ3v) is 2.83. The Morgan fingerprint density at radius 2 is 2.06 bits per heavy atom. The molecule has 0 spiro atoms. The van der Waals surface area contributed by atoms with Crippen LogP contribution < -0.4 is 5.32 Å². The first kappa shape index (κ1) is 11.5. The second-order valence-electron chi connectivity index (χ2n) is 3.52. The molecule has 1 aromatic heterocycles. The van der Waals surface area contributed by atoms with Gasteiger partial charge in [-0.2, -0.15) is 0 Å². The number of benzene rings is 1. The molecule has 0 aliphatic rings. The van der Waals surface area contributed by atoms with E-state index in [0.717, 1.165) is 10.6 Å². The lowest BCUT2D eigenvalue weighted by Gasteiger charge is -2.01. The number of aromatic nitrogens is 2. The summed E-state index contributed by atoms with van der Waals surface area (Å²) in [6.07, 6.45) is 0.249. The molecule has 0 saturated heterocycles. The third-order valence-electron chi connectivity index (χ3n) is 2.07. The lowest BCUT2D eigenvalue weighted by Crippen LogP contribution is -2.14. The van der Waals surface area contributed by atoms with E-state index in [9.17, 15) is 4.79 Å². The summed E-state index contributed by atoms with van der Waals surface area (Å²) >= 11 is 1.33. The van der Waals surface area contributed by atoms with Crippen LogP contribution in [0, 0.1) is 6.92 Å². The molecule has 1 amide bonds. The van der Waals surface area contributed by atoms with E-state index in [4.69, 9.17) is 5.11 Å². The van der Waals surface area contributed by atoms with Crippen molar-refractivity contribution in [1.29, 1.82) is 0 Å². The van der Waals surface area contributed by atoms with Crippen LogP contribution >= 0.6 is 11.3 Å². The Morgan fingerprint density at radius 1 is 1.35 bits per heavy atom. The van der Waals surface area contributed by atoms with Crippen LogP contribution in [-0.2, 0) is 11.2 Å². The minimum Gasteiger partial charge on any atom is -0.508 e. The van der Waals surface area contributed by atoms with Gasteiger partial charge in [-0.05, 0) is 24.6 Å². The van der Waals surface area contributed by atoms with E-state index in [1.54, 1.807) is 24.3 Å². The van der Waals surface area contributed by atoms with Gasteiger partial charge in [-0.15, -0.1) is 10.2 Å². The number of amides is 1. The van der Waals surface area contributed by atoms with Gasteiger partial charge in [0.05, 0.1) is 6.42 Å². The molecule has 1 heterocycles. The number of anilines is 1. The predicted molar refractivity (Wildman–Crippen MR) is 65.1 cm³/mol. The Balaban J connectivity index is 1.95. The van der Waals surface area contributed by atoms with Crippen molar-refractivity contribution in [3.05, 3.63) is 34.8 Å². The fraction of sp³-hybridized carbons (Fsp3) is 0.182. The fourth-order valence-electron chi connectivity index (χ4n) is 1.31. The molecule has 5 nitrogen and oxygen atoms in total. The number of aryl methyl sites for hydroxylation is 1. The maximum Gasteiger partial charge on any atom is 0.230 e. The van der Waals surface area contributed by atoms with Crippen molar-refractivity contribution in [2.24, 2.45) is 0 Å². The first-order valence-electron chi connectivity index (χ1n) is 5.01. The van der Waals surface area contributed by atoms with Crippen LogP contribution in [0.5, 0.6) is 5.75 Å². The summed E-state index contributed by atoms with van der Waals surface area (Å²) in [4.78, 5) is 11.6. The zero-order valence-electron chi connectivity index (χ0n) is 9.17. The number of carbonyl (C=O) groups is 1. The molecular formula is C11H11N3O2S. The van der Waals surface area contributed by atoms with Crippen LogP contribution in [-0.4, -0.2) is 21.2 Å². The smallest absolute Gasteiger partial charge is 0.230 e. The van der Waals surface area contributed by atoms with E-state index in [0.29, 0.717) is 5.13 Å². The Bertz CT molecular complexity index is 522. The number of phenols is 1. The molecule has 0 saturated carbocycles. The molecule has 0 aliphatic carbocycles. The highest BCUT2D eigenvalue weighted by Crippen LogP contribution is 2.15. The SMILES string of the molecule is Cc1nnc(NC(=O)Cc2ccc(O)cc2)s1. The molecular weight excluding hydrogens is 238 g/mol. The molecule has 0 bridgehead atoms. The molecule has 0 fully saturated rings. The highest BCUT2D eigenvalue weighted by Gasteiger charge is 2.07. The summed E-state index contributed by atoms with van der Waals surface area (Å²) in [6, 6.07) is 6.52. The van der Waals surface area contributed by atoms with E-state index in [1.165, 1.54) is 11.3 Å². The average Bonchev–Trinajstić information content (AvgIpc) is 2.67. The number of nitrogens with one attached hydrogen (secondary N) is 1. The first-order chi connectivity index (χ1) is 8.13. The van der Waals surface area contributed by atoms with Crippen molar-refractivity contribution < 1.29 is 9.90 Å². The molecule has 88 valence electrons. The standard InChI is InChI=1S/C11H11N3O2S/c1-7-13-14-11(17-7)12-10(16)6-8-2-4-9(15)5-3-8/h2-5,15H,6H2,1H3,(H,12,14,16). The van der Waals surface area contributed by atoms with E-state index in [-0.39, 0.29) is 18.1 Å². The van der Waals surface area contributed by atoms with Crippen molar-refractivity contribution in [3.8, 4) is 5.75 Å². The van der Waals surface area contributed by atoms with Gasteiger partial charge in [0.1, 0.15) is 10.8 Å². The van der Waals surface area contributed by atoms with E-state index in [2.05, 4.69) is 15.5 Å². The quantitative estimate of drug-likeness (QED) is 0.868. The van der Waals surface area contributed by atoms with E-state index >= 15 is 0 Å². The Kier molecular flexibility index (Phi) is 3.34. The Morgan fingerprint density at radius 3 is 2.65 bits per heavy atom. The van der Waals surface area contributed by atoms with Crippen molar-refractivity contribution in [1.82, 2.24) is 10.2 Å². The number of hydrogen-bond acceptors (Lipinski definition) is 5. The number of rotatable bonds is 3. The highest BCUT2D eigenvalue weighted by atomic mass is 32.1. The normalized spacial score (nSPS) is 10.2. The number of phenolic OH excluding ortho intramolecular Hbond substituents is 1. The summed E-state index contributed by atoms with van der Waals surface area (Å²) < 4.78 is 0. The Hall–Kier alpha value is -1.95. The zero-order chi connectivity index (χ0) is 12.3. The van der Waals surface area contributed by atoms with E-state index < -0.39 is 0 Å². The third kappa shape index (κ3) is 3.25. The molecule has 0 radical (unpaired) electrons. The molecule has 2 rings (SSSR count). The van der Waals surface area contributed by atoms with Crippen molar-refractivity contribution >= 4 is 22.4 Å². The predicted octanol–water partition coefficient (Wildman–Crippen LogP) is 1.73. The molecule has 6 heteroatoms. The van der Waals surface area contributed by atoms with Gasteiger partial charge < -0.3 is 10.4 Å². The summed E-state index contributed by atoms with van der Waals surface area (Å²) in [6.45, 7) is 1.83. The molecule has 0 unspecified atom stereocenters. The zero-order valence-corrected chi connectivity index (χ0v) is 9.99. The first-order valence-corrected chi connectivity index (χ1v) is 5.83. The second kappa shape index (κ2) is 4.92. The van der Waals surface area contributed by atoms with Crippen molar-refractivity contribution in [3.63, 3.8) is 0 Å². The van der Waals surface area contributed by atoms with Gasteiger partial charge in [-0.3, -0.25) is 4.79 Å². The van der Waals surface area contributed by atoms with Gasteiger partial charge in [0, 0.05) is 0 Å². The topological polar surface area (TPSA) is 75.1 Å². The molecule has 1 aromatic carbocycles. The van der Waals surface area contributed by atoms with Gasteiger partial charge in [0.15, 0.2) is 0 Å². The van der Waals surface area contributed by atoms with Gasteiger partial charge in [-0.1, -0.05) is 23.5 Å². The highest BCUT2D eigenvalue weighted by molar-refractivity contribution is 7.15. The summed E-state index contributed by atoms with van der Waals surface area (Å²) in [5, 5.41) is 20.7. The number of nitrogens with zero attached hydrogens (tertiary/aromatic N) is 2. The van der Waals surface area contributed by atoms with Crippen LogP contribution in [0.4, 0.5) is 5.13 Å². The number of aromatic hydroxyl groups is 1. The fourth-order valence-corrected chi connectivity index (χ4v) is 1.92. The molecule has 17 heavy (non-hydrogen) atoms. The maximum absolute atomic E-state index is 11.6. The molecule has 2 aromatic rings. The Labute approximate surface area is 102 Å². The summed E-state index contributed by atoms with van der Waals surface area (Å²) in [5.41, 5.74) is 0.835. The van der Waals surface area contributed by atoms with Crippen LogP contribution in [0.2, 0.25) is 0 Å². The lowest BCUT2D eigenvalue weighted by atomic mass is 10.1. The molecule has 0 aliphatic heterocycles. The molecule has 0 atom stereocenters. The van der Waals surface area contributed by atoms with Crippen molar-refractivity contribution in [2.45, 2.75) is 13.3 Å². The second-order valence-corrected chi connectivity index (χ2v) is 4.70. The summed E-state index contributed by atoms with van der Waals surface area (Å²) in [7, 11) is 0. The van der Waals surface area contributed by atoms with Crippen LogP contribution in [0.15, 0.2) is 24.3 Å². The lowest BCUT2D eigenvalue weighted by molar-refractivity contribution is -0.115. The van der Waals surface area contributed by atoms with Crippen LogP contribution in [0.1, 0.15) is 10.6 Å². The van der Waals surface area contributed by atoms with Gasteiger partial charge in [-0.25, -0.2) is 0 Å². The van der Waals surface area contributed by atoms with Crippen molar-refractivity contribution in [2.75, 3.05) is 5.32 Å². The summed E-state index contributed by atoms with van der Waals surface area (Å²) in [5.74, 6) is 0.0424. The van der Waals surface area contributed by atoms with E-state index in [1.807, 2.05) is 6.92 Å². The largest absolute Gasteiger partial charge is 0.508 e. The van der Waals surface area contributed by atoms with Gasteiger partial charge in [0.2, 0.25) is 11.0 Å². The minimum absolute atomic E-state index is 0.146. The maximum atomic E-state index is 11.6. The molecule has 2 N–H and O–H groups in total. The monoisotopic (exact) mass is 249 g/mol. The van der Waals surface area contributed by atoms with Gasteiger partial charge >= 0.3 is 0 Å². The minimum atomic E-state index is -0.146.